The number of nitrogens with one attached hydrogen (secondary N) is 1. The van der Waals surface area contributed by atoms with Crippen LogP contribution < -0.4 is 11.1 Å². The Hall–Kier alpha value is -0.610. The van der Waals surface area contributed by atoms with Gasteiger partial charge in [-0.2, -0.15) is 0 Å². The minimum atomic E-state index is -0.163. The Labute approximate surface area is 109 Å². The first kappa shape index (κ1) is 13.8. The van der Waals surface area contributed by atoms with Crippen molar-refractivity contribution in [2.24, 2.45) is 17.6 Å². The van der Waals surface area contributed by atoms with Crippen LogP contribution in [0.4, 0.5) is 0 Å². The van der Waals surface area contributed by atoms with E-state index in [-0.39, 0.29) is 24.0 Å². The SMILES string of the molecule is NC1CCCC(C(=O)NCC2CCCC(O)C2)C1. The molecule has 1 amide bonds. The topological polar surface area (TPSA) is 75.4 Å². The second kappa shape index (κ2) is 6.53. The van der Waals surface area contributed by atoms with Gasteiger partial charge in [0.1, 0.15) is 0 Å². The van der Waals surface area contributed by atoms with E-state index in [0.717, 1.165) is 57.9 Å². The molecule has 0 bridgehead atoms. The number of carbonyl (C=O) groups is 1. The highest BCUT2D eigenvalue weighted by Gasteiger charge is 2.26. The van der Waals surface area contributed by atoms with Gasteiger partial charge >= 0.3 is 0 Å². The van der Waals surface area contributed by atoms with E-state index in [1.165, 1.54) is 0 Å². The molecule has 0 heterocycles. The smallest absolute Gasteiger partial charge is 0.223 e. The molecule has 0 aliphatic heterocycles. The molecule has 4 nitrogen and oxygen atoms in total. The number of hydrogen-bond donors (Lipinski definition) is 3. The van der Waals surface area contributed by atoms with Crippen molar-refractivity contribution in [3.05, 3.63) is 0 Å². The Morgan fingerprint density at radius 1 is 1.17 bits per heavy atom. The molecule has 18 heavy (non-hydrogen) atoms. The summed E-state index contributed by atoms with van der Waals surface area (Å²) < 4.78 is 0. The van der Waals surface area contributed by atoms with Gasteiger partial charge in [-0.3, -0.25) is 4.79 Å². The van der Waals surface area contributed by atoms with Crippen LogP contribution in [0.5, 0.6) is 0 Å². The summed E-state index contributed by atoms with van der Waals surface area (Å²) in [5, 5.41) is 12.7. The van der Waals surface area contributed by atoms with Crippen molar-refractivity contribution in [2.75, 3.05) is 6.54 Å². The highest BCUT2D eigenvalue weighted by molar-refractivity contribution is 5.78. The Morgan fingerprint density at radius 3 is 2.67 bits per heavy atom. The third kappa shape index (κ3) is 3.95. The van der Waals surface area contributed by atoms with Crippen molar-refractivity contribution in [1.29, 1.82) is 0 Å². The van der Waals surface area contributed by atoms with Crippen LogP contribution in [0.3, 0.4) is 0 Å². The molecular formula is C14H26N2O2. The van der Waals surface area contributed by atoms with Gasteiger partial charge in [0.15, 0.2) is 0 Å². The van der Waals surface area contributed by atoms with Gasteiger partial charge in [0, 0.05) is 18.5 Å². The van der Waals surface area contributed by atoms with Crippen molar-refractivity contribution < 1.29 is 9.90 Å². The summed E-state index contributed by atoms with van der Waals surface area (Å²) >= 11 is 0. The van der Waals surface area contributed by atoms with E-state index < -0.39 is 0 Å². The van der Waals surface area contributed by atoms with Gasteiger partial charge in [0.2, 0.25) is 5.91 Å². The van der Waals surface area contributed by atoms with Gasteiger partial charge in [0.25, 0.3) is 0 Å². The Bertz CT molecular complexity index is 283. The monoisotopic (exact) mass is 254 g/mol. The maximum absolute atomic E-state index is 12.0. The van der Waals surface area contributed by atoms with E-state index >= 15 is 0 Å². The van der Waals surface area contributed by atoms with Gasteiger partial charge in [-0.1, -0.05) is 12.8 Å². The van der Waals surface area contributed by atoms with Gasteiger partial charge in [0.05, 0.1) is 6.10 Å². The molecule has 104 valence electrons. The zero-order chi connectivity index (χ0) is 13.0. The van der Waals surface area contributed by atoms with Crippen LogP contribution in [0, 0.1) is 11.8 Å². The fourth-order valence-corrected chi connectivity index (χ4v) is 3.30. The summed E-state index contributed by atoms with van der Waals surface area (Å²) in [7, 11) is 0. The number of carbonyl (C=O) groups excluding carboxylic acids is 1. The van der Waals surface area contributed by atoms with E-state index in [2.05, 4.69) is 5.32 Å². The Morgan fingerprint density at radius 2 is 1.94 bits per heavy atom. The molecule has 2 aliphatic carbocycles. The molecule has 2 saturated carbocycles. The fourth-order valence-electron chi connectivity index (χ4n) is 3.30. The Kier molecular flexibility index (Phi) is 5.01. The molecule has 0 aromatic rings. The quantitative estimate of drug-likeness (QED) is 0.707. The van der Waals surface area contributed by atoms with Crippen molar-refractivity contribution in [3.63, 3.8) is 0 Å². The van der Waals surface area contributed by atoms with E-state index in [1.807, 2.05) is 0 Å². The zero-order valence-corrected chi connectivity index (χ0v) is 11.1. The summed E-state index contributed by atoms with van der Waals surface area (Å²) in [5.74, 6) is 0.738. The van der Waals surface area contributed by atoms with Gasteiger partial charge in [-0.15, -0.1) is 0 Å². The predicted octanol–water partition coefficient (Wildman–Crippen LogP) is 1.17. The summed E-state index contributed by atoms with van der Waals surface area (Å²) in [6, 6.07) is 0.200. The van der Waals surface area contributed by atoms with Crippen LogP contribution in [0.1, 0.15) is 51.4 Å². The highest BCUT2D eigenvalue weighted by atomic mass is 16.3. The number of aliphatic hydroxyl groups is 1. The first-order valence-electron chi connectivity index (χ1n) is 7.36. The Balaban J connectivity index is 1.70. The molecular weight excluding hydrogens is 228 g/mol. The van der Waals surface area contributed by atoms with E-state index in [9.17, 15) is 9.90 Å². The summed E-state index contributed by atoms with van der Waals surface area (Å²) in [6.07, 6.45) is 7.74. The molecule has 4 N–H and O–H groups in total. The van der Waals surface area contributed by atoms with Crippen LogP contribution in [-0.2, 0) is 4.79 Å². The first-order chi connectivity index (χ1) is 8.65. The molecule has 0 spiro atoms. The van der Waals surface area contributed by atoms with Gasteiger partial charge < -0.3 is 16.2 Å². The standard InChI is InChI=1S/C14H26N2O2/c15-12-5-2-4-11(8-12)14(18)16-9-10-3-1-6-13(17)7-10/h10-13,17H,1-9,15H2,(H,16,18). The van der Waals surface area contributed by atoms with Crippen molar-refractivity contribution in [2.45, 2.75) is 63.5 Å². The third-order valence-electron chi connectivity index (χ3n) is 4.41. The fraction of sp³-hybridized carbons (Fsp3) is 0.929. The molecule has 4 unspecified atom stereocenters. The minimum Gasteiger partial charge on any atom is -0.393 e. The minimum absolute atomic E-state index is 0.113. The largest absolute Gasteiger partial charge is 0.393 e. The van der Waals surface area contributed by atoms with Gasteiger partial charge in [-0.05, 0) is 44.4 Å². The van der Waals surface area contributed by atoms with Crippen LogP contribution in [0.25, 0.3) is 0 Å². The lowest BCUT2D eigenvalue weighted by Crippen LogP contribution is -2.40. The van der Waals surface area contributed by atoms with Crippen LogP contribution in [-0.4, -0.2) is 29.7 Å². The highest BCUT2D eigenvalue weighted by Crippen LogP contribution is 2.25. The lowest BCUT2D eigenvalue weighted by Gasteiger charge is -2.28. The van der Waals surface area contributed by atoms with Crippen molar-refractivity contribution in [1.82, 2.24) is 5.32 Å². The summed E-state index contributed by atoms with van der Waals surface area (Å²) in [5.41, 5.74) is 5.91. The van der Waals surface area contributed by atoms with Crippen molar-refractivity contribution >= 4 is 5.91 Å². The first-order valence-corrected chi connectivity index (χ1v) is 7.36. The van der Waals surface area contributed by atoms with E-state index in [4.69, 9.17) is 5.73 Å². The third-order valence-corrected chi connectivity index (χ3v) is 4.41. The molecule has 2 fully saturated rings. The molecule has 2 rings (SSSR count). The second-order valence-corrected chi connectivity index (χ2v) is 6.06. The zero-order valence-electron chi connectivity index (χ0n) is 11.1. The van der Waals surface area contributed by atoms with Crippen LogP contribution >= 0.6 is 0 Å². The van der Waals surface area contributed by atoms with Crippen LogP contribution in [0.15, 0.2) is 0 Å². The molecule has 0 saturated heterocycles. The van der Waals surface area contributed by atoms with Crippen molar-refractivity contribution in [3.8, 4) is 0 Å². The normalized spacial score (nSPS) is 37.2. The summed E-state index contributed by atoms with van der Waals surface area (Å²) in [4.78, 5) is 12.0. The summed E-state index contributed by atoms with van der Waals surface area (Å²) in [6.45, 7) is 0.724. The number of hydrogen-bond acceptors (Lipinski definition) is 3. The number of rotatable bonds is 3. The number of aliphatic hydroxyl groups excluding tert-OH is 1. The predicted molar refractivity (Wildman–Crippen MR) is 70.9 cm³/mol. The average molecular weight is 254 g/mol. The van der Waals surface area contributed by atoms with E-state index in [0.29, 0.717) is 5.92 Å². The second-order valence-electron chi connectivity index (χ2n) is 6.06. The molecule has 2 aliphatic rings. The maximum atomic E-state index is 12.0. The molecule has 4 atom stereocenters. The molecule has 0 aromatic heterocycles. The lowest BCUT2D eigenvalue weighted by molar-refractivity contribution is -0.126. The lowest BCUT2D eigenvalue weighted by atomic mass is 9.84. The van der Waals surface area contributed by atoms with E-state index in [1.54, 1.807) is 0 Å². The van der Waals surface area contributed by atoms with Gasteiger partial charge in [-0.25, -0.2) is 0 Å². The molecule has 0 radical (unpaired) electrons. The number of amides is 1. The maximum Gasteiger partial charge on any atom is 0.223 e. The number of nitrogens with two attached hydrogens (primary N) is 1. The van der Waals surface area contributed by atoms with Crippen LogP contribution in [0.2, 0.25) is 0 Å². The average Bonchev–Trinajstić information content (AvgIpc) is 2.36. The molecule has 0 aromatic carbocycles. The molecule has 4 heteroatoms.